The number of carbonyl (C=O) groups excluding carboxylic acids is 1. The molecule has 1 aliphatic rings. The first-order valence-electron chi connectivity index (χ1n) is 9.56. The van der Waals surface area contributed by atoms with Crippen molar-refractivity contribution in [1.82, 2.24) is 10.2 Å². The van der Waals surface area contributed by atoms with Crippen LogP contribution in [0.2, 0.25) is 0 Å². The van der Waals surface area contributed by atoms with E-state index in [1.54, 1.807) is 7.11 Å². The lowest BCUT2D eigenvalue weighted by atomic mass is 10.0. The molecule has 1 N–H and O–H groups in total. The summed E-state index contributed by atoms with van der Waals surface area (Å²) in [7, 11) is 1.66. The van der Waals surface area contributed by atoms with Gasteiger partial charge < -0.3 is 19.7 Å². The molecular formula is C22H28N2O3. The van der Waals surface area contributed by atoms with Gasteiger partial charge in [0.2, 0.25) is 0 Å². The minimum atomic E-state index is -0.0217. The van der Waals surface area contributed by atoms with Crippen molar-refractivity contribution in [3.63, 3.8) is 0 Å². The van der Waals surface area contributed by atoms with E-state index in [4.69, 9.17) is 9.47 Å². The first-order chi connectivity index (χ1) is 13.2. The fourth-order valence-corrected chi connectivity index (χ4v) is 3.56. The predicted octanol–water partition coefficient (Wildman–Crippen LogP) is 4.28. The summed E-state index contributed by atoms with van der Waals surface area (Å²) < 4.78 is 10.9. The Bertz CT molecular complexity index is 763. The van der Waals surface area contributed by atoms with Gasteiger partial charge in [-0.1, -0.05) is 36.4 Å². The molecule has 0 spiro atoms. The number of urea groups is 1. The quantitative estimate of drug-likeness (QED) is 0.794. The maximum Gasteiger partial charge on any atom is 0.318 e. The summed E-state index contributed by atoms with van der Waals surface area (Å²) in [4.78, 5) is 14.8. The van der Waals surface area contributed by atoms with Crippen molar-refractivity contribution in [1.29, 1.82) is 0 Å². The molecule has 1 heterocycles. The minimum absolute atomic E-state index is 0.0217. The number of methoxy groups -OCH3 is 1. The van der Waals surface area contributed by atoms with Crippen molar-refractivity contribution in [2.45, 2.75) is 39.0 Å². The number of hydrogen-bond acceptors (Lipinski definition) is 3. The summed E-state index contributed by atoms with van der Waals surface area (Å²) in [6.45, 7) is 4.50. The van der Waals surface area contributed by atoms with Crippen LogP contribution in [-0.4, -0.2) is 31.2 Å². The molecule has 5 heteroatoms. The van der Waals surface area contributed by atoms with Crippen molar-refractivity contribution < 1.29 is 14.3 Å². The highest BCUT2D eigenvalue weighted by atomic mass is 16.5. The third kappa shape index (κ3) is 4.80. The molecule has 5 nitrogen and oxygen atoms in total. The van der Waals surface area contributed by atoms with Crippen molar-refractivity contribution in [2.24, 2.45) is 0 Å². The van der Waals surface area contributed by atoms with Gasteiger partial charge in [-0.05, 0) is 48.6 Å². The van der Waals surface area contributed by atoms with Crippen LogP contribution in [0.4, 0.5) is 4.79 Å². The zero-order chi connectivity index (χ0) is 19.1. The summed E-state index contributed by atoms with van der Waals surface area (Å²) >= 11 is 0. The monoisotopic (exact) mass is 368 g/mol. The number of likely N-dealkylation sites (tertiary alicyclic amines) is 1. The second-order valence-corrected chi connectivity index (χ2v) is 6.69. The van der Waals surface area contributed by atoms with Gasteiger partial charge in [0.15, 0.2) is 0 Å². The SMILES string of the molecule is CCOCc1ccccc1CNC(=O)N1CCCC1c1cccc(OC)c1. The lowest BCUT2D eigenvalue weighted by Crippen LogP contribution is -2.39. The number of rotatable bonds is 7. The fourth-order valence-electron chi connectivity index (χ4n) is 3.56. The Kier molecular flexibility index (Phi) is 6.71. The highest BCUT2D eigenvalue weighted by molar-refractivity contribution is 5.75. The highest BCUT2D eigenvalue weighted by Gasteiger charge is 2.30. The van der Waals surface area contributed by atoms with E-state index < -0.39 is 0 Å². The van der Waals surface area contributed by atoms with Gasteiger partial charge in [-0.3, -0.25) is 0 Å². The smallest absolute Gasteiger partial charge is 0.318 e. The first-order valence-corrected chi connectivity index (χ1v) is 9.56. The van der Waals surface area contributed by atoms with E-state index in [0.29, 0.717) is 19.8 Å². The lowest BCUT2D eigenvalue weighted by Gasteiger charge is -2.26. The molecule has 2 aromatic rings. The van der Waals surface area contributed by atoms with E-state index in [0.717, 1.165) is 41.8 Å². The number of nitrogens with zero attached hydrogens (tertiary/aromatic N) is 1. The van der Waals surface area contributed by atoms with Gasteiger partial charge in [0.25, 0.3) is 0 Å². The van der Waals surface area contributed by atoms with Gasteiger partial charge in [0, 0.05) is 19.7 Å². The zero-order valence-corrected chi connectivity index (χ0v) is 16.1. The molecule has 0 aromatic heterocycles. The van der Waals surface area contributed by atoms with Crippen LogP contribution in [0, 0.1) is 0 Å². The Morgan fingerprint density at radius 2 is 2.00 bits per heavy atom. The molecule has 1 fully saturated rings. The molecule has 0 aliphatic carbocycles. The largest absolute Gasteiger partial charge is 0.497 e. The molecule has 1 unspecified atom stereocenters. The third-order valence-corrected chi connectivity index (χ3v) is 5.00. The molecule has 144 valence electrons. The Balaban J connectivity index is 1.65. The predicted molar refractivity (Wildman–Crippen MR) is 106 cm³/mol. The van der Waals surface area contributed by atoms with Crippen LogP contribution in [0.1, 0.15) is 42.5 Å². The molecule has 0 radical (unpaired) electrons. The fraction of sp³-hybridized carbons (Fsp3) is 0.409. The highest BCUT2D eigenvalue weighted by Crippen LogP contribution is 2.33. The Morgan fingerprint density at radius 3 is 2.78 bits per heavy atom. The molecule has 0 bridgehead atoms. The van der Waals surface area contributed by atoms with Crippen molar-refractivity contribution >= 4 is 6.03 Å². The topological polar surface area (TPSA) is 50.8 Å². The third-order valence-electron chi connectivity index (χ3n) is 5.00. The normalized spacial score (nSPS) is 16.4. The maximum atomic E-state index is 12.8. The molecular weight excluding hydrogens is 340 g/mol. The summed E-state index contributed by atoms with van der Waals surface area (Å²) in [6, 6.07) is 16.1. The van der Waals surface area contributed by atoms with Crippen molar-refractivity contribution in [3.05, 3.63) is 65.2 Å². The second kappa shape index (κ2) is 9.42. The van der Waals surface area contributed by atoms with Crippen molar-refractivity contribution in [3.8, 4) is 5.75 Å². The van der Waals surface area contributed by atoms with Crippen LogP contribution in [-0.2, 0) is 17.9 Å². The number of ether oxygens (including phenoxy) is 2. The van der Waals surface area contributed by atoms with E-state index in [1.807, 2.05) is 54.3 Å². The van der Waals surface area contributed by atoms with Crippen LogP contribution in [0.25, 0.3) is 0 Å². The van der Waals surface area contributed by atoms with E-state index in [2.05, 4.69) is 11.4 Å². The summed E-state index contributed by atoms with van der Waals surface area (Å²) in [5, 5.41) is 3.09. The van der Waals surface area contributed by atoms with E-state index in [9.17, 15) is 4.79 Å². The van der Waals surface area contributed by atoms with Gasteiger partial charge >= 0.3 is 6.03 Å². The van der Waals surface area contributed by atoms with Crippen LogP contribution < -0.4 is 10.1 Å². The zero-order valence-electron chi connectivity index (χ0n) is 16.1. The number of hydrogen-bond donors (Lipinski definition) is 1. The maximum absolute atomic E-state index is 12.8. The van der Waals surface area contributed by atoms with E-state index in [1.165, 1.54) is 0 Å². The summed E-state index contributed by atoms with van der Waals surface area (Å²) in [5.74, 6) is 0.824. The first kappa shape index (κ1) is 19.2. The Morgan fingerprint density at radius 1 is 1.19 bits per heavy atom. The molecule has 2 aromatic carbocycles. The van der Waals surface area contributed by atoms with Crippen LogP contribution >= 0.6 is 0 Å². The molecule has 3 rings (SSSR count). The summed E-state index contributed by atoms with van der Waals surface area (Å²) in [5.41, 5.74) is 3.33. The van der Waals surface area contributed by atoms with Gasteiger partial charge in [0.05, 0.1) is 19.8 Å². The van der Waals surface area contributed by atoms with Crippen LogP contribution in [0.5, 0.6) is 5.75 Å². The second-order valence-electron chi connectivity index (χ2n) is 6.69. The average molecular weight is 368 g/mol. The molecule has 2 amide bonds. The minimum Gasteiger partial charge on any atom is -0.497 e. The Hall–Kier alpha value is -2.53. The molecule has 1 atom stereocenters. The Labute approximate surface area is 161 Å². The number of carbonyl (C=O) groups is 1. The number of amides is 2. The van der Waals surface area contributed by atoms with Gasteiger partial charge in [-0.25, -0.2) is 4.79 Å². The van der Waals surface area contributed by atoms with Gasteiger partial charge in [-0.2, -0.15) is 0 Å². The van der Waals surface area contributed by atoms with Crippen molar-refractivity contribution in [2.75, 3.05) is 20.3 Å². The molecule has 1 aliphatic heterocycles. The number of nitrogens with one attached hydrogen (secondary N) is 1. The molecule has 1 saturated heterocycles. The molecule has 27 heavy (non-hydrogen) atoms. The van der Waals surface area contributed by atoms with Gasteiger partial charge in [0.1, 0.15) is 5.75 Å². The van der Waals surface area contributed by atoms with Gasteiger partial charge in [-0.15, -0.1) is 0 Å². The number of benzene rings is 2. The van der Waals surface area contributed by atoms with E-state index in [-0.39, 0.29) is 12.1 Å². The standard InChI is InChI=1S/C22H28N2O3/c1-3-27-16-19-9-5-4-8-18(19)15-23-22(25)24-13-7-12-21(24)17-10-6-11-20(14-17)26-2/h4-6,8-11,14,21H,3,7,12-13,15-16H2,1-2H3,(H,23,25). The molecule has 0 saturated carbocycles. The van der Waals surface area contributed by atoms with E-state index >= 15 is 0 Å². The van der Waals surface area contributed by atoms with Crippen LogP contribution in [0.15, 0.2) is 48.5 Å². The summed E-state index contributed by atoms with van der Waals surface area (Å²) in [6.07, 6.45) is 1.98. The van der Waals surface area contributed by atoms with Crippen LogP contribution in [0.3, 0.4) is 0 Å². The lowest BCUT2D eigenvalue weighted by molar-refractivity contribution is 0.133. The average Bonchev–Trinajstić information content (AvgIpc) is 3.21.